The molecule has 0 saturated heterocycles. The SMILES string of the molecule is CCCCn1c(SCc2nc(-c3ccco3)no2)nc2cc(S(=O)(=O)N(C)C)ccc21. The monoisotopic (exact) mass is 461 g/mol. The van der Waals surface area contributed by atoms with Crippen molar-refractivity contribution in [3.63, 3.8) is 0 Å². The minimum atomic E-state index is -3.53. The molecule has 11 heteroatoms. The molecular weight excluding hydrogens is 438 g/mol. The van der Waals surface area contributed by atoms with Gasteiger partial charge in [-0.2, -0.15) is 4.98 Å². The minimum absolute atomic E-state index is 0.224. The summed E-state index contributed by atoms with van der Waals surface area (Å²) in [4.78, 5) is 9.29. The smallest absolute Gasteiger partial charge is 0.242 e. The van der Waals surface area contributed by atoms with Crippen LogP contribution >= 0.6 is 11.8 Å². The van der Waals surface area contributed by atoms with E-state index in [9.17, 15) is 8.42 Å². The third-order valence-electron chi connectivity index (χ3n) is 4.73. The van der Waals surface area contributed by atoms with E-state index in [-0.39, 0.29) is 4.90 Å². The maximum absolute atomic E-state index is 12.5. The van der Waals surface area contributed by atoms with Crippen LogP contribution in [0, 0.1) is 0 Å². The Morgan fingerprint density at radius 3 is 2.74 bits per heavy atom. The summed E-state index contributed by atoms with van der Waals surface area (Å²) in [5.74, 6) is 1.84. The van der Waals surface area contributed by atoms with Crippen molar-refractivity contribution in [2.75, 3.05) is 14.1 Å². The van der Waals surface area contributed by atoms with E-state index in [0.29, 0.717) is 28.7 Å². The Balaban J connectivity index is 1.62. The summed E-state index contributed by atoms with van der Waals surface area (Å²) < 4.78 is 38.9. The lowest BCUT2D eigenvalue weighted by molar-refractivity contribution is 0.390. The van der Waals surface area contributed by atoms with Gasteiger partial charge in [-0.15, -0.1) is 0 Å². The summed E-state index contributed by atoms with van der Waals surface area (Å²) in [5, 5.41) is 4.73. The van der Waals surface area contributed by atoms with Gasteiger partial charge in [0.05, 0.1) is 27.9 Å². The van der Waals surface area contributed by atoms with Crippen molar-refractivity contribution in [1.29, 1.82) is 0 Å². The molecule has 3 heterocycles. The number of benzene rings is 1. The summed E-state index contributed by atoms with van der Waals surface area (Å²) >= 11 is 1.47. The first-order valence-electron chi connectivity index (χ1n) is 9.82. The topological polar surface area (TPSA) is 107 Å². The summed E-state index contributed by atoms with van der Waals surface area (Å²) in [5.41, 5.74) is 1.54. The van der Waals surface area contributed by atoms with Crippen LogP contribution in [-0.4, -0.2) is 46.5 Å². The van der Waals surface area contributed by atoms with Crippen LogP contribution in [0.25, 0.3) is 22.6 Å². The summed E-state index contributed by atoms with van der Waals surface area (Å²) in [6.07, 6.45) is 3.58. The lowest BCUT2D eigenvalue weighted by Crippen LogP contribution is -2.22. The quantitative estimate of drug-likeness (QED) is 0.344. The standard InChI is InChI=1S/C20H23N5O4S2/c1-4-5-10-25-16-9-8-14(31(26,27)24(2)3)12-15(16)21-20(25)30-13-18-22-19(23-29-18)17-7-6-11-28-17/h6-9,11-12H,4-5,10,13H2,1-3H3. The second kappa shape index (κ2) is 8.85. The molecule has 0 spiro atoms. The number of sulfonamides is 1. The maximum atomic E-state index is 12.5. The number of furan rings is 1. The van der Waals surface area contributed by atoms with Crippen LogP contribution in [0.5, 0.6) is 0 Å². The first-order chi connectivity index (χ1) is 14.9. The van der Waals surface area contributed by atoms with Crippen LogP contribution in [0.4, 0.5) is 0 Å². The van der Waals surface area contributed by atoms with Crippen LogP contribution in [0.3, 0.4) is 0 Å². The van der Waals surface area contributed by atoms with Crippen LogP contribution in [0.15, 0.2) is 55.6 Å². The molecule has 9 nitrogen and oxygen atoms in total. The van der Waals surface area contributed by atoms with Gasteiger partial charge >= 0.3 is 0 Å². The van der Waals surface area contributed by atoms with Crippen molar-refractivity contribution < 1.29 is 17.4 Å². The van der Waals surface area contributed by atoms with Crippen molar-refractivity contribution >= 4 is 32.8 Å². The second-order valence-corrected chi connectivity index (χ2v) is 10.2. The molecule has 0 N–H and O–H groups in total. The van der Waals surface area contributed by atoms with Gasteiger partial charge in [-0.1, -0.05) is 30.3 Å². The number of nitrogens with zero attached hydrogens (tertiary/aromatic N) is 5. The number of fused-ring (bicyclic) bond motifs is 1. The highest BCUT2D eigenvalue weighted by Crippen LogP contribution is 2.29. The predicted octanol–water partition coefficient (Wildman–Crippen LogP) is 4.02. The van der Waals surface area contributed by atoms with Crippen molar-refractivity contribution in [2.24, 2.45) is 0 Å². The molecule has 0 atom stereocenters. The van der Waals surface area contributed by atoms with Crippen LogP contribution in [-0.2, 0) is 22.3 Å². The third kappa shape index (κ3) is 4.39. The first kappa shape index (κ1) is 21.6. The molecule has 31 heavy (non-hydrogen) atoms. The zero-order chi connectivity index (χ0) is 22.0. The van der Waals surface area contributed by atoms with Gasteiger partial charge in [-0.25, -0.2) is 17.7 Å². The highest BCUT2D eigenvalue weighted by Gasteiger charge is 2.20. The first-order valence-corrected chi connectivity index (χ1v) is 12.2. The molecule has 4 rings (SSSR count). The molecule has 3 aromatic heterocycles. The molecule has 0 amide bonds. The van der Waals surface area contributed by atoms with E-state index in [4.69, 9.17) is 13.9 Å². The molecule has 4 aromatic rings. The predicted molar refractivity (Wildman–Crippen MR) is 117 cm³/mol. The highest BCUT2D eigenvalue weighted by molar-refractivity contribution is 7.98. The van der Waals surface area contributed by atoms with E-state index in [1.54, 1.807) is 30.5 Å². The maximum Gasteiger partial charge on any atom is 0.242 e. The van der Waals surface area contributed by atoms with E-state index in [1.165, 1.54) is 30.2 Å². The molecule has 164 valence electrons. The largest absolute Gasteiger partial charge is 0.461 e. The average Bonchev–Trinajstić information content (AvgIpc) is 3.49. The lowest BCUT2D eigenvalue weighted by atomic mass is 10.3. The van der Waals surface area contributed by atoms with Crippen molar-refractivity contribution in [2.45, 2.75) is 42.1 Å². The highest BCUT2D eigenvalue weighted by atomic mass is 32.2. The number of aromatic nitrogens is 4. The number of hydrogen-bond donors (Lipinski definition) is 0. The fourth-order valence-electron chi connectivity index (χ4n) is 3.05. The lowest BCUT2D eigenvalue weighted by Gasteiger charge is -2.11. The van der Waals surface area contributed by atoms with Crippen LogP contribution in [0.1, 0.15) is 25.7 Å². The number of aryl methyl sites for hydroxylation is 1. The molecule has 0 aliphatic carbocycles. The third-order valence-corrected chi connectivity index (χ3v) is 7.51. The summed E-state index contributed by atoms with van der Waals surface area (Å²) in [6, 6.07) is 8.61. The van der Waals surface area contributed by atoms with Gasteiger partial charge < -0.3 is 13.5 Å². The zero-order valence-corrected chi connectivity index (χ0v) is 19.1. The van der Waals surface area contributed by atoms with E-state index in [1.807, 2.05) is 6.07 Å². The Bertz CT molecular complexity index is 1280. The van der Waals surface area contributed by atoms with Gasteiger partial charge in [-0.05, 0) is 36.8 Å². The average molecular weight is 462 g/mol. The molecule has 0 aliphatic heterocycles. The second-order valence-electron chi connectivity index (χ2n) is 7.12. The van der Waals surface area contributed by atoms with Crippen molar-refractivity contribution in [3.8, 4) is 11.6 Å². The van der Waals surface area contributed by atoms with Gasteiger partial charge in [0, 0.05) is 20.6 Å². The van der Waals surface area contributed by atoms with Gasteiger partial charge in [0.25, 0.3) is 0 Å². The molecule has 1 aromatic carbocycles. The number of hydrogen-bond acceptors (Lipinski definition) is 8. The Hall–Kier alpha value is -2.63. The normalized spacial score (nSPS) is 12.3. The van der Waals surface area contributed by atoms with E-state index in [2.05, 4.69) is 21.6 Å². The zero-order valence-electron chi connectivity index (χ0n) is 17.5. The number of thioether (sulfide) groups is 1. The molecular formula is C20H23N5O4S2. The minimum Gasteiger partial charge on any atom is -0.461 e. The summed E-state index contributed by atoms with van der Waals surface area (Å²) in [6.45, 7) is 2.92. The fourth-order valence-corrected chi connectivity index (χ4v) is 4.85. The molecule has 0 unspecified atom stereocenters. The molecule has 0 aliphatic rings. The van der Waals surface area contributed by atoms with E-state index in [0.717, 1.165) is 30.1 Å². The Kier molecular flexibility index (Phi) is 6.17. The summed E-state index contributed by atoms with van der Waals surface area (Å²) in [7, 11) is -0.496. The van der Waals surface area contributed by atoms with Gasteiger partial charge in [-0.3, -0.25) is 0 Å². The fraction of sp³-hybridized carbons (Fsp3) is 0.350. The van der Waals surface area contributed by atoms with E-state index < -0.39 is 10.0 Å². The van der Waals surface area contributed by atoms with Gasteiger partial charge in [0.15, 0.2) is 10.9 Å². The number of unbranched alkanes of at least 4 members (excludes halogenated alkanes) is 1. The molecule has 0 radical (unpaired) electrons. The Morgan fingerprint density at radius 2 is 2.03 bits per heavy atom. The van der Waals surface area contributed by atoms with Gasteiger partial charge in [0.1, 0.15) is 0 Å². The molecule has 0 saturated carbocycles. The number of imidazole rings is 1. The van der Waals surface area contributed by atoms with Crippen molar-refractivity contribution in [3.05, 3.63) is 42.5 Å². The van der Waals surface area contributed by atoms with Crippen LogP contribution < -0.4 is 0 Å². The number of rotatable bonds is 9. The van der Waals surface area contributed by atoms with E-state index >= 15 is 0 Å². The molecule has 0 fully saturated rings. The van der Waals surface area contributed by atoms with Crippen molar-refractivity contribution in [1.82, 2.24) is 24.0 Å². The van der Waals surface area contributed by atoms with Gasteiger partial charge in [0.2, 0.25) is 21.7 Å². The Labute approximate surface area is 184 Å². The Morgan fingerprint density at radius 1 is 1.19 bits per heavy atom. The van der Waals surface area contributed by atoms with Crippen LogP contribution in [0.2, 0.25) is 0 Å². The molecule has 0 bridgehead atoms.